The molecule has 0 fully saturated rings. The third kappa shape index (κ3) is 4.75. The number of hydrogen-bond donors (Lipinski definition) is 2. The summed E-state index contributed by atoms with van der Waals surface area (Å²) in [6.45, 7) is 4.28. The number of carbonyl (C=O) groups is 2. The summed E-state index contributed by atoms with van der Waals surface area (Å²) in [5, 5.41) is 6.21. The topological polar surface area (TPSA) is 71.1 Å². The lowest BCUT2D eigenvalue weighted by Crippen LogP contribution is -2.23. The number of pyridine rings is 1. The average molecular weight is 394 g/mol. The van der Waals surface area contributed by atoms with Crippen molar-refractivity contribution in [3.05, 3.63) is 93.8 Å². The van der Waals surface area contributed by atoms with Crippen LogP contribution in [-0.2, 0) is 6.54 Å². The van der Waals surface area contributed by atoms with Crippen LogP contribution in [0.4, 0.5) is 5.69 Å². The smallest absolute Gasteiger partial charge is 0.257 e. The molecule has 2 N–H and O–H groups in total. The first kappa shape index (κ1) is 19.6. The number of halogens is 1. The molecule has 0 aliphatic heterocycles. The van der Waals surface area contributed by atoms with Crippen LogP contribution in [0.15, 0.2) is 60.9 Å². The summed E-state index contributed by atoms with van der Waals surface area (Å²) in [5.74, 6) is -0.648. The van der Waals surface area contributed by atoms with E-state index in [1.54, 1.807) is 6.07 Å². The van der Waals surface area contributed by atoms with Crippen molar-refractivity contribution in [3.63, 3.8) is 0 Å². The SMILES string of the molecule is Cc1ccc(NC(=O)c2cncc(C(=O)NCc3ccccc3Cl)c2)cc1C. The number of anilines is 1. The van der Waals surface area contributed by atoms with Gasteiger partial charge in [0.15, 0.2) is 0 Å². The first-order valence-corrected chi connectivity index (χ1v) is 9.17. The molecule has 28 heavy (non-hydrogen) atoms. The molecule has 0 unspecified atom stereocenters. The molecule has 0 saturated carbocycles. The maximum atomic E-state index is 12.5. The Morgan fingerprint density at radius 2 is 1.64 bits per heavy atom. The lowest BCUT2D eigenvalue weighted by atomic mass is 10.1. The van der Waals surface area contributed by atoms with Gasteiger partial charge in [-0.2, -0.15) is 0 Å². The predicted molar refractivity (Wildman–Crippen MR) is 111 cm³/mol. The van der Waals surface area contributed by atoms with Crippen LogP contribution in [0.5, 0.6) is 0 Å². The molecule has 5 nitrogen and oxygen atoms in total. The summed E-state index contributed by atoms with van der Waals surface area (Å²) in [5.41, 5.74) is 4.36. The van der Waals surface area contributed by atoms with Crippen molar-refractivity contribution >= 4 is 29.1 Å². The average Bonchev–Trinajstić information content (AvgIpc) is 2.70. The van der Waals surface area contributed by atoms with Gasteiger partial charge in [0, 0.05) is 29.6 Å². The van der Waals surface area contributed by atoms with E-state index in [-0.39, 0.29) is 18.4 Å². The molecule has 0 atom stereocenters. The van der Waals surface area contributed by atoms with Crippen LogP contribution in [0.25, 0.3) is 0 Å². The fraction of sp³-hybridized carbons (Fsp3) is 0.136. The number of amides is 2. The molecule has 0 aliphatic rings. The molecular formula is C22H20ClN3O2. The number of nitrogens with zero attached hydrogens (tertiary/aromatic N) is 1. The van der Waals surface area contributed by atoms with E-state index in [1.807, 2.05) is 50.2 Å². The van der Waals surface area contributed by atoms with E-state index in [9.17, 15) is 9.59 Å². The Kier molecular flexibility index (Phi) is 6.06. The van der Waals surface area contributed by atoms with Crippen LogP contribution in [0.2, 0.25) is 5.02 Å². The van der Waals surface area contributed by atoms with Gasteiger partial charge in [-0.25, -0.2) is 0 Å². The van der Waals surface area contributed by atoms with Gasteiger partial charge in [0.2, 0.25) is 0 Å². The zero-order valence-electron chi connectivity index (χ0n) is 15.6. The first-order valence-electron chi connectivity index (χ1n) is 8.79. The Morgan fingerprint density at radius 3 is 2.36 bits per heavy atom. The summed E-state index contributed by atoms with van der Waals surface area (Å²) in [7, 11) is 0. The Balaban J connectivity index is 1.68. The van der Waals surface area contributed by atoms with Crippen LogP contribution in [0.3, 0.4) is 0 Å². The molecular weight excluding hydrogens is 374 g/mol. The molecule has 142 valence electrons. The number of nitrogens with one attached hydrogen (secondary N) is 2. The number of carbonyl (C=O) groups excluding carboxylic acids is 2. The molecule has 3 rings (SSSR count). The van der Waals surface area contributed by atoms with Crippen LogP contribution < -0.4 is 10.6 Å². The Labute approximate surface area is 168 Å². The molecule has 0 spiro atoms. The highest BCUT2D eigenvalue weighted by molar-refractivity contribution is 6.31. The second-order valence-corrected chi connectivity index (χ2v) is 6.90. The molecule has 2 amide bonds. The highest BCUT2D eigenvalue weighted by Crippen LogP contribution is 2.16. The zero-order valence-corrected chi connectivity index (χ0v) is 16.4. The van der Waals surface area contributed by atoms with Gasteiger partial charge in [0.05, 0.1) is 11.1 Å². The summed E-state index contributed by atoms with van der Waals surface area (Å²) in [6.07, 6.45) is 2.86. The lowest BCUT2D eigenvalue weighted by Gasteiger charge is -2.09. The standard InChI is InChI=1S/C22H20ClN3O2/c1-14-7-8-19(9-15(14)2)26-22(28)18-10-17(11-24-12-18)21(27)25-13-16-5-3-4-6-20(16)23/h3-12H,13H2,1-2H3,(H,25,27)(H,26,28). The van der Waals surface area contributed by atoms with E-state index < -0.39 is 0 Å². The Hall–Kier alpha value is -3.18. The summed E-state index contributed by atoms with van der Waals surface area (Å²) in [4.78, 5) is 29.0. The second kappa shape index (κ2) is 8.67. The quantitative estimate of drug-likeness (QED) is 0.668. The van der Waals surface area contributed by atoms with Crippen molar-refractivity contribution < 1.29 is 9.59 Å². The lowest BCUT2D eigenvalue weighted by molar-refractivity contribution is 0.0950. The van der Waals surface area contributed by atoms with Crippen molar-refractivity contribution in [2.24, 2.45) is 0 Å². The zero-order chi connectivity index (χ0) is 20.1. The third-order valence-corrected chi connectivity index (χ3v) is 4.79. The van der Waals surface area contributed by atoms with Gasteiger partial charge in [-0.3, -0.25) is 14.6 Å². The summed E-state index contributed by atoms with van der Waals surface area (Å²) >= 11 is 6.10. The summed E-state index contributed by atoms with van der Waals surface area (Å²) in [6, 6.07) is 14.5. The maximum Gasteiger partial charge on any atom is 0.257 e. The van der Waals surface area contributed by atoms with Crippen molar-refractivity contribution in [2.45, 2.75) is 20.4 Å². The van der Waals surface area contributed by atoms with Gasteiger partial charge in [-0.15, -0.1) is 0 Å². The van der Waals surface area contributed by atoms with Gasteiger partial charge >= 0.3 is 0 Å². The van der Waals surface area contributed by atoms with Crippen molar-refractivity contribution in [3.8, 4) is 0 Å². The maximum absolute atomic E-state index is 12.5. The van der Waals surface area contributed by atoms with E-state index in [4.69, 9.17) is 11.6 Å². The van der Waals surface area contributed by atoms with Crippen molar-refractivity contribution in [2.75, 3.05) is 5.32 Å². The van der Waals surface area contributed by atoms with E-state index in [0.29, 0.717) is 21.8 Å². The van der Waals surface area contributed by atoms with Crippen molar-refractivity contribution in [1.29, 1.82) is 0 Å². The molecule has 0 radical (unpaired) electrons. The normalized spacial score (nSPS) is 10.4. The number of aromatic nitrogens is 1. The molecule has 1 heterocycles. The van der Waals surface area contributed by atoms with Crippen LogP contribution in [0, 0.1) is 13.8 Å². The molecule has 0 saturated heterocycles. The van der Waals surface area contributed by atoms with E-state index in [1.165, 1.54) is 18.5 Å². The minimum atomic E-state index is -0.326. The number of hydrogen-bond acceptors (Lipinski definition) is 3. The number of rotatable bonds is 5. The fourth-order valence-corrected chi connectivity index (χ4v) is 2.83. The highest BCUT2D eigenvalue weighted by Gasteiger charge is 2.12. The molecule has 6 heteroatoms. The van der Waals surface area contributed by atoms with Gasteiger partial charge in [0.25, 0.3) is 11.8 Å². The number of aryl methyl sites for hydroxylation is 2. The molecule has 2 aromatic carbocycles. The van der Waals surface area contributed by atoms with Crippen LogP contribution >= 0.6 is 11.6 Å². The molecule has 3 aromatic rings. The van der Waals surface area contributed by atoms with E-state index >= 15 is 0 Å². The van der Waals surface area contributed by atoms with Gasteiger partial charge in [-0.05, 0) is 54.8 Å². The van der Waals surface area contributed by atoms with Gasteiger partial charge < -0.3 is 10.6 Å². The highest BCUT2D eigenvalue weighted by atomic mass is 35.5. The minimum Gasteiger partial charge on any atom is -0.348 e. The molecule has 0 bridgehead atoms. The van der Waals surface area contributed by atoms with Crippen LogP contribution in [-0.4, -0.2) is 16.8 Å². The second-order valence-electron chi connectivity index (χ2n) is 6.49. The van der Waals surface area contributed by atoms with Crippen LogP contribution in [0.1, 0.15) is 37.4 Å². The molecule has 0 aliphatic carbocycles. The van der Waals surface area contributed by atoms with Gasteiger partial charge in [0.1, 0.15) is 0 Å². The third-order valence-electron chi connectivity index (χ3n) is 4.42. The molecule has 1 aromatic heterocycles. The van der Waals surface area contributed by atoms with Crippen molar-refractivity contribution in [1.82, 2.24) is 10.3 Å². The Bertz CT molecular complexity index is 1030. The van der Waals surface area contributed by atoms with Gasteiger partial charge in [-0.1, -0.05) is 35.9 Å². The first-order chi connectivity index (χ1) is 13.4. The summed E-state index contributed by atoms with van der Waals surface area (Å²) < 4.78 is 0. The monoisotopic (exact) mass is 393 g/mol. The fourth-order valence-electron chi connectivity index (χ4n) is 2.63. The predicted octanol–water partition coefficient (Wildman–Crippen LogP) is 4.53. The largest absolute Gasteiger partial charge is 0.348 e. The van der Waals surface area contributed by atoms with E-state index in [2.05, 4.69) is 15.6 Å². The van der Waals surface area contributed by atoms with E-state index in [0.717, 1.165) is 16.7 Å². The Morgan fingerprint density at radius 1 is 0.929 bits per heavy atom. The number of benzene rings is 2. The minimum absolute atomic E-state index is 0.289.